The number of amides is 2. The van der Waals surface area contributed by atoms with Crippen LogP contribution in [-0.4, -0.2) is 35.5 Å². The maximum atomic E-state index is 12.4. The van der Waals surface area contributed by atoms with E-state index < -0.39 is 0 Å². The number of hydrogen-bond acceptors (Lipinski definition) is 5. The van der Waals surface area contributed by atoms with Crippen molar-refractivity contribution in [1.82, 2.24) is 10.1 Å². The molecule has 1 unspecified atom stereocenters. The van der Waals surface area contributed by atoms with Crippen LogP contribution >= 0.6 is 0 Å². The molecule has 0 aliphatic heterocycles. The van der Waals surface area contributed by atoms with Gasteiger partial charge in [0.25, 0.3) is 5.91 Å². The topological polar surface area (TPSA) is 87.5 Å². The molecule has 0 radical (unpaired) electrons. The van der Waals surface area contributed by atoms with Gasteiger partial charge in [-0.05, 0) is 50.7 Å². The minimum atomic E-state index is -0.179. The summed E-state index contributed by atoms with van der Waals surface area (Å²) in [6, 6.07) is 18.3. The molecule has 0 aliphatic rings. The Bertz CT molecular complexity index is 984. The van der Waals surface area contributed by atoms with E-state index in [1.807, 2.05) is 61.3 Å². The van der Waals surface area contributed by atoms with Gasteiger partial charge in [-0.25, -0.2) is 0 Å². The van der Waals surface area contributed by atoms with Gasteiger partial charge in [-0.15, -0.1) is 0 Å². The lowest BCUT2D eigenvalue weighted by molar-refractivity contribution is -0.117. The van der Waals surface area contributed by atoms with E-state index >= 15 is 0 Å². The Morgan fingerprint density at radius 2 is 1.83 bits per heavy atom. The van der Waals surface area contributed by atoms with Gasteiger partial charge < -0.3 is 15.2 Å². The Morgan fingerprint density at radius 1 is 1.07 bits per heavy atom. The summed E-state index contributed by atoms with van der Waals surface area (Å²) in [5, 5.41) is 9.39. The highest BCUT2D eigenvalue weighted by atomic mass is 16.5. The number of nitrogens with zero attached hydrogens (tertiary/aromatic N) is 2. The molecule has 29 heavy (non-hydrogen) atoms. The molecule has 3 aromatic rings. The summed E-state index contributed by atoms with van der Waals surface area (Å²) in [6.07, 6.45) is 0. The lowest BCUT2D eigenvalue weighted by Crippen LogP contribution is -2.32. The Morgan fingerprint density at radius 3 is 2.52 bits per heavy atom. The quantitative estimate of drug-likeness (QED) is 0.637. The molecule has 7 nitrogen and oxygen atoms in total. The van der Waals surface area contributed by atoms with E-state index in [0.717, 1.165) is 5.56 Å². The minimum Gasteiger partial charge on any atom is -0.360 e. The molecule has 1 aromatic heterocycles. The van der Waals surface area contributed by atoms with E-state index in [2.05, 4.69) is 15.8 Å². The maximum Gasteiger partial charge on any atom is 0.255 e. The van der Waals surface area contributed by atoms with Gasteiger partial charge in [0.15, 0.2) is 5.82 Å². The first kappa shape index (κ1) is 20.3. The molecule has 0 saturated carbocycles. The van der Waals surface area contributed by atoms with Gasteiger partial charge >= 0.3 is 0 Å². The van der Waals surface area contributed by atoms with Crippen molar-refractivity contribution in [2.24, 2.45) is 0 Å². The number of carbonyl (C=O) groups is 2. The van der Waals surface area contributed by atoms with E-state index in [1.165, 1.54) is 0 Å². The molecule has 0 spiro atoms. The summed E-state index contributed by atoms with van der Waals surface area (Å²) in [5.74, 6) is 0.697. The van der Waals surface area contributed by atoms with Crippen molar-refractivity contribution in [1.29, 1.82) is 0 Å². The molecule has 0 saturated heterocycles. The van der Waals surface area contributed by atoms with Crippen LogP contribution in [0.2, 0.25) is 0 Å². The van der Waals surface area contributed by atoms with Gasteiger partial charge in [-0.2, -0.15) is 0 Å². The van der Waals surface area contributed by atoms with Crippen LogP contribution in [0.15, 0.2) is 65.2 Å². The van der Waals surface area contributed by atoms with Crippen LogP contribution in [0.5, 0.6) is 0 Å². The van der Waals surface area contributed by atoms with Crippen LogP contribution < -0.4 is 10.6 Å². The predicted octanol–water partition coefficient (Wildman–Crippen LogP) is 3.87. The van der Waals surface area contributed by atoms with Crippen LogP contribution in [0.4, 0.5) is 11.5 Å². The fraction of sp³-hybridized carbons (Fsp3) is 0.227. The molecule has 0 aliphatic carbocycles. The number of likely N-dealkylation sites (N-methyl/N-ethyl adjacent to an activating group) is 1. The van der Waals surface area contributed by atoms with Crippen molar-refractivity contribution in [3.63, 3.8) is 0 Å². The molecule has 0 bridgehead atoms. The van der Waals surface area contributed by atoms with Crippen LogP contribution in [0.1, 0.15) is 34.6 Å². The zero-order valence-electron chi connectivity index (χ0n) is 16.7. The van der Waals surface area contributed by atoms with Gasteiger partial charge in [0.05, 0.1) is 6.54 Å². The van der Waals surface area contributed by atoms with Gasteiger partial charge in [-0.1, -0.05) is 35.5 Å². The Kier molecular flexibility index (Phi) is 6.41. The zero-order valence-corrected chi connectivity index (χ0v) is 16.7. The highest BCUT2D eigenvalue weighted by Gasteiger charge is 2.16. The number of carbonyl (C=O) groups excluding carboxylic acids is 2. The van der Waals surface area contributed by atoms with Crippen LogP contribution in [-0.2, 0) is 4.79 Å². The molecular formula is C22H24N4O3. The molecule has 0 fully saturated rings. The number of aryl methyl sites for hydroxylation is 1. The molecule has 2 N–H and O–H groups in total. The van der Waals surface area contributed by atoms with Crippen molar-refractivity contribution in [2.45, 2.75) is 19.9 Å². The first-order valence-corrected chi connectivity index (χ1v) is 9.32. The first-order chi connectivity index (χ1) is 13.9. The van der Waals surface area contributed by atoms with Gasteiger partial charge in [0.1, 0.15) is 5.76 Å². The fourth-order valence-electron chi connectivity index (χ4n) is 2.89. The second kappa shape index (κ2) is 9.16. The summed E-state index contributed by atoms with van der Waals surface area (Å²) in [5.41, 5.74) is 2.30. The number of aromatic nitrogens is 1. The fourth-order valence-corrected chi connectivity index (χ4v) is 2.89. The number of rotatable bonds is 7. The second-order valence-corrected chi connectivity index (χ2v) is 6.91. The van der Waals surface area contributed by atoms with Crippen molar-refractivity contribution < 1.29 is 14.1 Å². The molecule has 7 heteroatoms. The first-order valence-electron chi connectivity index (χ1n) is 9.32. The van der Waals surface area contributed by atoms with E-state index in [0.29, 0.717) is 22.8 Å². The van der Waals surface area contributed by atoms with Crippen LogP contribution in [0.3, 0.4) is 0 Å². The van der Waals surface area contributed by atoms with E-state index in [1.54, 1.807) is 25.1 Å². The molecule has 3 rings (SSSR count). The standard InChI is InChI=1S/C22H24N4O3/c1-15-12-20(25-29-15)24-21(27)14-26(3)16(2)18-10-7-11-19(13-18)23-22(28)17-8-5-4-6-9-17/h4-13,16H,14H2,1-3H3,(H,23,28)(H,24,25,27). The van der Waals surface area contributed by atoms with Crippen molar-refractivity contribution in [2.75, 3.05) is 24.2 Å². The maximum absolute atomic E-state index is 12.4. The summed E-state index contributed by atoms with van der Waals surface area (Å²) in [4.78, 5) is 26.5. The smallest absolute Gasteiger partial charge is 0.255 e. The number of benzene rings is 2. The number of nitrogens with one attached hydrogen (secondary N) is 2. The highest BCUT2D eigenvalue weighted by Crippen LogP contribution is 2.22. The summed E-state index contributed by atoms with van der Waals surface area (Å²) in [6.45, 7) is 3.96. The monoisotopic (exact) mass is 392 g/mol. The summed E-state index contributed by atoms with van der Waals surface area (Å²) >= 11 is 0. The highest BCUT2D eigenvalue weighted by molar-refractivity contribution is 6.04. The molecular weight excluding hydrogens is 368 g/mol. The van der Waals surface area contributed by atoms with Crippen molar-refractivity contribution in [3.8, 4) is 0 Å². The lowest BCUT2D eigenvalue weighted by Gasteiger charge is -2.24. The van der Waals surface area contributed by atoms with Crippen LogP contribution in [0, 0.1) is 6.92 Å². The summed E-state index contributed by atoms with van der Waals surface area (Å²) in [7, 11) is 1.87. The minimum absolute atomic E-state index is 0.0339. The molecule has 1 atom stereocenters. The van der Waals surface area contributed by atoms with E-state index in [-0.39, 0.29) is 24.4 Å². The zero-order chi connectivity index (χ0) is 20.8. The van der Waals surface area contributed by atoms with Crippen molar-refractivity contribution >= 4 is 23.3 Å². The normalized spacial score (nSPS) is 11.9. The van der Waals surface area contributed by atoms with Crippen molar-refractivity contribution in [3.05, 3.63) is 77.6 Å². The number of hydrogen-bond donors (Lipinski definition) is 2. The molecule has 150 valence electrons. The van der Waals surface area contributed by atoms with E-state index in [4.69, 9.17) is 4.52 Å². The Balaban J connectivity index is 1.61. The molecule has 1 heterocycles. The average molecular weight is 392 g/mol. The van der Waals surface area contributed by atoms with Gasteiger partial charge in [-0.3, -0.25) is 14.5 Å². The third kappa shape index (κ3) is 5.52. The largest absolute Gasteiger partial charge is 0.360 e. The van der Waals surface area contributed by atoms with Gasteiger partial charge in [0.2, 0.25) is 5.91 Å². The predicted molar refractivity (Wildman–Crippen MR) is 112 cm³/mol. The second-order valence-electron chi connectivity index (χ2n) is 6.91. The van der Waals surface area contributed by atoms with Crippen LogP contribution in [0.25, 0.3) is 0 Å². The number of anilines is 2. The SMILES string of the molecule is Cc1cc(NC(=O)CN(C)C(C)c2cccc(NC(=O)c3ccccc3)c2)no1. The van der Waals surface area contributed by atoms with E-state index in [9.17, 15) is 9.59 Å². The Labute approximate surface area is 169 Å². The molecule has 2 aromatic carbocycles. The average Bonchev–Trinajstić information content (AvgIpc) is 3.12. The third-order valence-corrected chi connectivity index (χ3v) is 4.61. The lowest BCUT2D eigenvalue weighted by atomic mass is 10.1. The summed E-state index contributed by atoms with van der Waals surface area (Å²) < 4.78 is 4.95. The Hall–Kier alpha value is -3.45. The molecule has 2 amide bonds. The third-order valence-electron chi connectivity index (χ3n) is 4.61. The van der Waals surface area contributed by atoms with Gasteiger partial charge in [0, 0.05) is 23.4 Å².